The maximum Gasteiger partial charge on any atom is 0.330 e. The SMILES string of the molecule is COc1ccc(/C=C/C(=O)OCCN2C(=O)c3ccccc3C2=O)cc1OC. The summed E-state index contributed by atoms with van der Waals surface area (Å²) in [6, 6.07) is 11.8. The van der Waals surface area contributed by atoms with Gasteiger partial charge < -0.3 is 14.2 Å². The van der Waals surface area contributed by atoms with Gasteiger partial charge in [-0.2, -0.15) is 0 Å². The van der Waals surface area contributed by atoms with E-state index in [1.54, 1.807) is 55.7 Å². The summed E-state index contributed by atoms with van der Waals surface area (Å²) in [4.78, 5) is 37.4. The Hall–Kier alpha value is -3.61. The lowest BCUT2D eigenvalue weighted by atomic mass is 10.1. The Kier molecular flexibility index (Phi) is 5.74. The molecule has 0 saturated heterocycles. The average molecular weight is 381 g/mol. The van der Waals surface area contributed by atoms with Crippen molar-refractivity contribution in [3.05, 3.63) is 65.2 Å². The third kappa shape index (κ3) is 3.88. The van der Waals surface area contributed by atoms with Crippen molar-refractivity contribution in [1.29, 1.82) is 0 Å². The quantitative estimate of drug-likeness (QED) is 0.416. The molecule has 2 aromatic rings. The van der Waals surface area contributed by atoms with Crippen molar-refractivity contribution >= 4 is 23.9 Å². The summed E-state index contributed by atoms with van der Waals surface area (Å²) in [5, 5.41) is 0. The summed E-state index contributed by atoms with van der Waals surface area (Å²) in [5.74, 6) is -0.201. The highest BCUT2D eigenvalue weighted by molar-refractivity contribution is 6.21. The van der Waals surface area contributed by atoms with Crippen LogP contribution in [0.3, 0.4) is 0 Å². The molecule has 144 valence electrons. The van der Waals surface area contributed by atoms with Crippen LogP contribution in [0.5, 0.6) is 11.5 Å². The molecule has 0 saturated carbocycles. The molecule has 1 aliphatic rings. The van der Waals surface area contributed by atoms with Gasteiger partial charge in [-0.1, -0.05) is 18.2 Å². The number of fused-ring (bicyclic) bond motifs is 1. The van der Waals surface area contributed by atoms with E-state index in [2.05, 4.69) is 0 Å². The Balaban J connectivity index is 1.53. The normalized spacial score (nSPS) is 13.0. The summed E-state index contributed by atoms with van der Waals surface area (Å²) in [6.07, 6.45) is 2.84. The lowest BCUT2D eigenvalue weighted by Crippen LogP contribution is -2.33. The highest BCUT2D eigenvalue weighted by Gasteiger charge is 2.34. The van der Waals surface area contributed by atoms with Gasteiger partial charge in [-0.3, -0.25) is 14.5 Å². The molecule has 3 rings (SSSR count). The minimum Gasteiger partial charge on any atom is -0.493 e. The van der Waals surface area contributed by atoms with Gasteiger partial charge in [0.05, 0.1) is 31.9 Å². The summed E-state index contributed by atoms with van der Waals surface area (Å²) in [6.45, 7) is -0.0805. The number of benzene rings is 2. The molecule has 0 N–H and O–H groups in total. The summed E-state index contributed by atoms with van der Waals surface area (Å²) < 4.78 is 15.5. The molecule has 7 nitrogen and oxygen atoms in total. The Morgan fingerprint density at radius 1 is 0.964 bits per heavy atom. The van der Waals surface area contributed by atoms with Gasteiger partial charge in [-0.15, -0.1) is 0 Å². The number of hydrogen-bond donors (Lipinski definition) is 0. The number of carbonyl (C=O) groups is 3. The molecule has 0 unspecified atom stereocenters. The number of esters is 1. The van der Waals surface area contributed by atoms with Crippen LogP contribution in [0, 0.1) is 0 Å². The lowest BCUT2D eigenvalue weighted by Gasteiger charge is -2.13. The second kappa shape index (κ2) is 8.39. The zero-order chi connectivity index (χ0) is 20.1. The average Bonchev–Trinajstić information content (AvgIpc) is 2.97. The minimum atomic E-state index is -0.577. The van der Waals surface area contributed by atoms with E-state index in [-0.39, 0.29) is 25.0 Å². The van der Waals surface area contributed by atoms with Crippen molar-refractivity contribution < 1.29 is 28.6 Å². The molecule has 28 heavy (non-hydrogen) atoms. The second-order valence-electron chi connectivity index (χ2n) is 5.92. The van der Waals surface area contributed by atoms with E-state index in [4.69, 9.17) is 14.2 Å². The van der Waals surface area contributed by atoms with Crippen LogP contribution in [-0.2, 0) is 9.53 Å². The lowest BCUT2D eigenvalue weighted by molar-refractivity contribution is -0.137. The van der Waals surface area contributed by atoms with Crippen LogP contribution in [0.1, 0.15) is 26.3 Å². The maximum absolute atomic E-state index is 12.2. The number of ether oxygens (including phenoxy) is 3. The first-order valence-corrected chi connectivity index (χ1v) is 8.57. The number of hydrogen-bond acceptors (Lipinski definition) is 6. The van der Waals surface area contributed by atoms with Gasteiger partial charge in [0.2, 0.25) is 0 Å². The van der Waals surface area contributed by atoms with Crippen LogP contribution in [-0.4, -0.2) is 50.1 Å². The first-order chi connectivity index (χ1) is 13.5. The molecular weight excluding hydrogens is 362 g/mol. The Morgan fingerprint density at radius 3 is 2.21 bits per heavy atom. The molecule has 0 aromatic heterocycles. The molecule has 0 atom stereocenters. The van der Waals surface area contributed by atoms with Crippen molar-refractivity contribution in [2.24, 2.45) is 0 Å². The molecule has 0 spiro atoms. The number of amides is 2. The third-order valence-electron chi connectivity index (χ3n) is 4.26. The van der Waals surface area contributed by atoms with Gasteiger partial charge in [0.1, 0.15) is 6.61 Å². The van der Waals surface area contributed by atoms with Crippen LogP contribution >= 0.6 is 0 Å². The van der Waals surface area contributed by atoms with Crippen molar-refractivity contribution in [2.45, 2.75) is 0 Å². The largest absolute Gasteiger partial charge is 0.493 e. The van der Waals surface area contributed by atoms with Crippen LogP contribution in [0.25, 0.3) is 6.08 Å². The van der Waals surface area contributed by atoms with E-state index >= 15 is 0 Å². The van der Waals surface area contributed by atoms with Gasteiger partial charge in [-0.05, 0) is 35.9 Å². The van der Waals surface area contributed by atoms with E-state index in [9.17, 15) is 14.4 Å². The fraction of sp³-hybridized carbons (Fsp3) is 0.190. The van der Waals surface area contributed by atoms with E-state index < -0.39 is 5.97 Å². The molecule has 1 heterocycles. The van der Waals surface area contributed by atoms with E-state index in [1.807, 2.05) is 0 Å². The van der Waals surface area contributed by atoms with Gasteiger partial charge in [0.25, 0.3) is 11.8 Å². The highest BCUT2D eigenvalue weighted by Crippen LogP contribution is 2.28. The smallest absolute Gasteiger partial charge is 0.330 e. The zero-order valence-electron chi connectivity index (χ0n) is 15.5. The van der Waals surface area contributed by atoms with Gasteiger partial charge >= 0.3 is 5.97 Å². The fourth-order valence-corrected chi connectivity index (χ4v) is 2.85. The second-order valence-corrected chi connectivity index (χ2v) is 5.92. The van der Waals surface area contributed by atoms with Crippen molar-refractivity contribution in [3.8, 4) is 11.5 Å². The first-order valence-electron chi connectivity index (χ1n) is 8.57. The van der Waals surface area contributed by atoms with Gasteiger partial charge in [-0.25, -0.2) is 4.79 Å². The maximum atomic E-state index is 12.2. The molecule has 7 heteroatoms. The third-order valence-corrected chi connectivity index (χ3v) is 4.26. The van der Waals surface area contributed by atoms with E-state index in [0.717, 1.165) is 10.5 Å². The summed E-state index contributed by atoms with van der Waals surface area (Å²) in [5.41, 5.74) is 1.47. The number of nitrogens with zero attached hydrogens (tertiary/aromatic N) is 1. The molecule has 2 amide bonds. The van der Waals surface area contributed by atoms with Gasteiger partial charge in [0, 0.05) is 6.08 Å². The predicted molar refractivity (Wildman–Crippen MR) is 101 cm³/mol. The number of carbonyl (C=O) groups excluding carboxylic acids is 3. The Labute approximate surface area is 162 Å². The Bertz CT molecular complexity index is 915. The number of rotatable bonds is 7. The molecule has 0 fully saturated rings. The topological polar surface area (TPSA) is 82.1 Å². The standard InChI is InChI=1S/C21H19NO6/c1-26-17-9-7-14(13-18(17)27-2)8-10-19(23)28-12-11-22-20(24)15-5-3-4-6-16(15)21(22)25/h3-10,13H,11-12H2,1-2H3/b10-8+. The predicted octanol–water partition coefficient (Wildman–Crippen LogP) is 2.56. The monoisotopic (exact) mass is 381 g/mol. The van der Waals surface area contributed by atoms with Crippen LogP contribution in [0.2, 0.25) is 0 Å². The zero-order valence-corrected chi connectivity index (χ0v) is 15.5. The molecule has 2 aromatic carbocycles. The molecule has 0 bridgehead atoms. The highest BCUT2D eigenvalue weighted by atomic mass is 16.5. The summed E-state index contributed by atoms with van der Waals surface area (Å²) in [7, 11) is 3.07. The van der Waals surface area contributed by atoms with E-state index in [1.165, 1.54) is 13.2 Å². The molecule has 0 radical (unpaired) electrons. The molecule has 0 aliphatic carbocycles. The fourth-order valence-electron chi connectivity index (χ4n) is 2.85. The van der Waals surface area contributed by atoms with Crippen LogP contribution < -0.4 is 9.47 Å². The van der Waals surface area contributed by atoms with Crippen LogP contribution in [0.15, 0.2) is 48.5 Å². The van der Waals surface area contributed by atoms with E-state index in [0.29, 0.717) is 22.6 Å². The number of imide groups is 1. The molecule has 1 aliphatic heterocycles. The minimum absolute atomic E-state index is 0.00227. The Morgan fingerprint density at radius 2 is 1.61 bits per heavy atom. The molecular formula is C21H19NO6. The van der Waals surface area contributed by atoms with Gasteiger partial charge in [0.15, 0.2) is 11.5 Å². The van der Waals surface area contributed by atoms with Crippen molar-refractivity contribution in [3.63, 3.8) is 0 Å². The first kappa shape index (κ1) is 19.2. The van der Waals surface area contributed by atoms with Crippen LogP contribution in [0.4, 0.5) is 0 Å². The summed E-state index contributed by atoms with van der Waals surface area (Å²) >= 11 is 0. The van der Waals surface area contributed by atoms with Crippen molar-refractivity contribution in [1.82, 2.24) is 4.90 Å². The van der Waals surface area contributed by atoms with Crippen molar-refractivity contribution in [2.75, 3.05) is 27.4 Å². The number of methoxy groups -OCH3 is 2.